The highest BCUT2D eigenvalue weighted by Gasteiger charge is 2.13. The quantitative estimate of drug-likeness (QED) is 0.862. The smallest absolute Gasteiger partial charge is 0.178 e. The summed E-state index contributed by atoms with van der Waals surface area (Å²) in [5, 5.41) is 3.27. The fraction of sp³-hybridized carbons (Fsp3) is 0.538. The summed E-state index contributed by atoms with van der Waals surface area (Å²) in [5.41, 5.74) is 0.890. The second-order valence-electron chi connectivity index (χ2n) is 4.30. The number of sulfone groups is 1. The number of hydrogen-bond donors (Lipinski definition) is 1. The third-order valence-corrected chi connectivity index (χ3v) is 4.81. The van der Waals surface area contributed by atoms with Crippen LogP contribution in [0.2, 0.25) is 0 Å². The maximum atomic E-state index is 11.6. The van der Waals surface area contributed by atoms with E-state index in [1.807, 2.05) is 13.8 Å². The molecule has 0 aliphatic carbocycles. The molecule has 0 aliphatic rings. The average molecular weight is 271 g/mol. The predicted octanol–water partition coefficient (Wildman–Crippen LogP) is 2.32. The van der Waals surface area contributed by atoms with Crippen LogP contribution in [0.5, 0.6) is 0 Å². The minimum absolute atomic E-state index is 0.0871. The Labute approximate surface area is 109 Å². The number of anilines is 1. The Hall–Kier alpha value is -1.07. The first-order chi connectivity index (χ1) is 8.40. The summed E-state index contributed by atoms with van der Waals surface area (Å²) in [6.45, 7) is 5.64. The van der Waals surface area contributed by atoms with Gasteiger partial charge in [0.1, 0.15) is 0 Å². The Morgan fingerprint density at radius 2 is 1.78 bits per heavy atom. The number of hydrogen-bond acceptors (Lipinski definition) is 4. The van der Waals surface area contributed by atoms with E-state index in [1.165, 1.54) is 0 Å². The third-order valence-electron chi connectivity index (χ3n) is 3.06. The van der Waals surface area contributed by atoms with Crippen LogP contribution in [-0.4, -0.2) is 33.4 Å². The van der Waals surface area contributed by atoms with E-state index in [4.69, 9.17) is 4.74 Å². The Bertz CT molecular complexity index is 468. The van der Waals surface area contributed by atoms with Gasteiger partial charge < -0.3 is 10.1 Å². The maximum Gasteiger partial charge on any atom is 0.178 e. The fourth-order valence-electron chi connectivity index (χ4n) is 1.51. The SMILES string of the molecule is CCS(=O)(=O)c1ccc(NC(C)C(C)OC)cc1. The van der Waals surface area contributed by atoms with Gasteiger partial charge in [-0.25, -0.2) is 8.42 Å². The van der Waals surface area contributed by atoms with Crippen LogP contribution in [0.1, 0.15) is 20.8 Å². The number of benzene rings is 1. The molecular weight excluding hydrogens is 250 g/mol. The Kier molecular flexibility index (Phi) is 5.16. The van der Waals surface area contributed by atoms with Gasteiger partial charge in [0.2, 0.25) is 0 Å². The summed E-state index contributed by atoms with van der Waals surface area (Å²) in [5.74, 6) is 0.122. The topological polar surface area (TPSA) is 55.4 Å². The average Bonchev–Trinajstić information content (AvgIpc) is 2.38. The molecule has 0 heterocycles. The van der Waals surface area contributed by atoms with Gasteiger partial charge in [-0.2, -0.15) is 0 Å². The summed E-state index contributed by atoms with van der Waals surface area (Å²) < 4.78 is 28.5. The van der Waals surface area contributed by atoms with Gasteiger partial charge in [0.25, 0.3) is 0 Å². The van der Waals surface area contributed by atoms with Crippen LogP contribution in [-0.2, 0) is 14.6 Å². The Morgan fingerprint density at radius 3 is 2.22 bits per heavy atom. The van der Waals surface area contributed by atoms with Crippen LogP contribution >= 0.6 is 0 Å². The molecule has 0 radical (unpaired) electrons. The van der Waals surface area contributed by atoms with Crippen molar-refractivity contribution in [3.05, 3.63) is 24.3 Å². The standard InChI is InChI=1S/C13H21NO3S/c1-5-18(15,16)13-8-6-12(7-9-13)14-10(2)11(3)17-4/h6-11,14H,5H2,1-4H3. The molecule has 1 rings (SSSR count). The van der Waals surface area contributed by atoms with Gasteiger partial charge in [-0.15, -0.1) is 0 Å². The monoisotopic (exact) mass is 271 g/mol. The van der Waals surface area contributed by atoms with Crippen LogP contribution in [0.4, 0.5) is 5.69 Å². The molecule has 2 unspecified atom stereocenters. The fourth-order valence-corrected chi connectivity index (χ4v) is 2.39. The number of ether oxygens (including phenoxy) is 1. The summed E-state index contributed by atoms with van der Waals surface area (Å²) in [4.78, 5) is 0.364. The highest BCUT2D eigenvalue weighted by molar-refractivity contribution is 7.91. The second kappa shape index (κ2) is 6.20. The molecule has 18 heavy (non-hydrogen) atoms. The van der Waals surface area contributed by atoms with Crippen molar-refractivity contribution in [2.75, 3.05) is 18.2 Å². The lowest BCUT2D eigenvalue weighted by Crippen LogP contribution is -2.29. The van der Waals surface area contributed by atoms with Gasteiger partial charge in [0.15, 0.2) is 9.84 Å². The number of nitrogens with one attached hydrogen (secondary N) is 1. The molecule has 102 valence electrons. The lowest BCUT2D eigenvalue weighted by atomic mass is 10.2. The molecule has 0 spiro atoms. The number of methoxy groups -OCH3 is 1. The van der Waals surface area contributed by atoms with Gasteiger partial charge in [-0.3, -0.25) is 0 Å². The summed E-state index contributed by atoms with van der Waals surface area (Å²) in [6, 6.07) is 6.98. The van der Waals surface area contributed by atoms with E-state index in [9.17, 15) is 8.42 Å². The van der Waals surface area contributed by atoms with Crippen LogP contribution in [0, 0.1) is 0 Å². The Balaban J connectivity index is 2.78. The number of rotatable bonds is 6. The van der Waals surface area contributed by atoms with Crippen molar-refractivity contribution in [1.29, 1.82) is 0 Å². The van der Waals surface area contributed by atoms with Crippen molar-refractivity contribution in [1.82, 2.24) is 0 Å². The van der Waals surface area contributed by atoms with Gasteiger partial charge in [0.05, 0.1) is 16.8 Å². The molecule has 1 aromatic carbocycles. The van der Waals surface area contributed by atoms with Crippen LogP contribution in [0.15, 0.2) is 29.2 Å². The highest BCUT2D eigenvalue weighted by atomic mass is 32.2. The molecule has 0 saturated carbocycles. The minimum atomic E-state index is -3.12. The molecule has 0 amide bonds. The van der Waals surface area contributed by atoms with Gasteiger partial charge in [-0.1, -0.05) is 6.92 Å². The third kappa shape index (κ3) is 3.71. The van der Waals surface area contributed by atoms with Crippen molar-refractivity contribution in [2.45, 2.75) is 37.8 Å². The largest absolute Gasteiger partial charge is 0.380 e. The lowest BCUT2D eigenvalue weighted by molar-refractivity contribution is 0.106. The molecular formula is C13H21NO3S. The molecule has 5 heteroatoms. The summed E-state index contributed by atoms with van der Waals surface area (Å²) in [6.07, 6.45) is 0.0871. The molecule has 1 aromatic rings. The normalized spacial score (nSPS) is 15.1. The van der Waals surface area contributed by atoms with E-state index in [0.29, 0.717) is 4.90 Å². The summed E-state index contributed by atoms with van der Waals surface area (Å²) in [7, 11) is -1.45. The van der Waals surface area contributed by atoms with E-state index in [-0.39, 0.29) is 17.9 Å². The lowest BCUT2D eigenvalue weighted by Gasteiger charge is -2.21. The first-order valence-corrected chi connectivity index (χ1v) is 7.68. The molecule has 0 bridgehead atoms. The van der Waals surface area contributed by atoms with Crippen LogP contribution < -0.4 is 5.32 Å². The van der Waals surface area contributed by atoms with Crippen molar-refractivity contribution in [2.24, 2.45) is 0 Å². The first kappa shape index (κ1) is 15.0. The summed E-state index contributed by atoms with van der Waals surface area (Å²) >= 11 is 0. The van der Waals surface area contributed by atoms with Crippen LogP contribution in [0.25, 0.3) is 0 Å². The first-order valence-electron chi connectivity index (χ1n) is 6.03. The van der Waals surface area contributed by atoms with Crippen molar-refractivity contribution >= 4 is 15.5 Å². The molecule has 0 aliphatic heterocycles. The Morgan fingerprint density at radius 1 is 1.22 bits per heavy atom. The van der Waals surface area contributed by atoms with E-state index >= 15 is 0 Å². The van der Waals surface area contributed by atoms with Crippen molar-refractivity contribution < 1.29 is 13.2 Å². The van der Waals surface area contributed by atoms with Crippen molar-refractivity contribution in [3.8, 4) is 0 Å². The zero-order chi connectivity index (χ0) is 13.8. The molecule has 0 fully saturated rings. The highest BCUT2D eigenvalue weighted by Crippen LogP contribution is 2.16. The van der Waals surface area contributed by atoms with E-state index in [0.717, 1.165) is 5.69 Å². The van der Waals surface area contributed by atoms with Gasteiger partial charge in [0, 0.05) is 18.8 Å². The minimum Gasteiger partial charge on any atom is -0.380 e. The molecule has 2 atom stereocenters. The molecule has 1 N–H and O–H groups in total. The van der Waals surface area contributed by atoms with E-state index in [2.05, 4.69) is 5.32 Å². The molecule has 0 aromatic heterocycles. The van der Waals surface area contributed by atoms with E-state index < -0.39 is 9.84 Å². The van der Waals surface area contributed by atoms with Crippen molar-refractivity contribution in [3.63, 3.8) is 0 Å². The second-order valence-corrected chi connectivity index (χ2v) is 6.58. The molecule has 0 saturated heterocycles. The zero-order valence-corrected chi connectivity index (χ0v) is 12.1. The zero-order valence-electron chi connectivity index (χ0n) is 11.3. The van der Waals surface area contributed by atoms with Gasteiger partial charge in [-0.05, 0) is 38.1 Å². The maximum absolute atomic E-state index is 11.6. The van der Waals surface area contributed by atoms with Gasteiger partial charge >= 0.3 is 0 Å². The van der Waals surface area contributed by atoms with E-state index in [1.54, 1.807) is 38.3 Å². The van der Waals surface area contributed by atoms with Crippen LogP contribution in [0.3, 0.4) is 0 Å². The predicted molar refractivity (Wildman–Crippen MR) is 73.7 cm³/mol. The molecule has 4 nitrogen and oxygen atoms in total.